The van der Waals surface area contributed by atoms with E-state index in [9.17, 15) is 4.79 Å². The number of aromatic nitrogens is 1. The minimum Gasteiger partial charge on any atom is -0.369 e. The molecule has 0 unspecified atom stereocenters. The fraction of sp³-hybridized carbons (Fsp3) is 0.250. The number of carbonyl (C=O) groups excluding carboxylic acids is 1. The molecule has 2 rings (SSSR count). The Morgan fingerprint density at radius 1 is 1.44 bits per heavy atom. The molecule has 0 aliphatic heterocycles. The van der Waals surface area contributed by atoms with E-state index in [-0.39, 0.29) is 5.91 Å². The van der Waals surface area contributed by atoms with Crippen LogP contribution in [0.2, 0.25) is 0 Å². The highest BCUT2D eigenvalue weighted by Crippen LogP contribution is 2.32. The van der Waals surface area contributed by atoms with Gasteiger partial charge in [-0.1, -0.05) is 18.2 Å². The van der Waals surface area contributed by atoms with Crippen LogP contribution in [0.15, 0.2) is 29.2 Å². The number of thioether (sulfide) groups is 1. The molecule has 2 N–H and O–H groups in total. The Kier molecular flexibility index (Phi) is 2.92. The van der Waals surface area contributed by atoms with Crippen LogP contribution in [0.25, 0.3) is 10.9 Å². The molecule has 0 radical (unpaired) electrons. The van der Waals surface area contributed by atoms with Gasteiger partial charge in [-0.25, -0.2) is 0 Å². The van der Waals surface area contributed by atoms with Crippen LogP contribution < -0.4 is 5.73 Å². The number of fused-ring (bicyclic) bond motifs is 1. The summed E-state index contributed by atoms with van der Waals surface area (Å²) in [5.41, 5.74) is 7.42. The lowest BCUT2D eigenvalue weighted by Gasteiger charge is -2.03. The van der Waals surface area contributed by atoms with Gasteiger partial charge < -0.3 is 10.3 Å². The number of amides is 1. The van der Waals surface area contributed by atoms with Crippen LogP contribution in [0.4, 0.5) is 0 Å². The van der Waals surface area contributed by atoms with E-state index in [0.29, 0.717) is 6.42 Å². The standard InChI is InChI=1S/C12H14N2OS/c1-14-9-6-4-3-5-8(9)12(16-2)10(14)7-11(13)15/h3-6H,7H2,1-2H3,(H2,13,15). The zero-order chi connectivity index (χ0) is 11.7. The first-order valence-corrected chi connectivity index (χ1v) is 6.26. The molecule has 1 heterocycles. The molecule has 4 heteroatoms. The molecule has 0 aliphatic rings. The fourth-order valence-corrected chi connectivity index (χ4v) is 2.84. The summed E-state index contributed by atoms with van der Waals surface area (Å²) < 4.78 is 2.05. The van der Waals surface area contributed by atoms with E-state index >= 15 is 0 Å². The van der Waals surface area contributed by atoms with E-state index in [0.717, 1.165) is 16.1 Å². The van der Waals surface area contributed by atoms with Crippen molar-refractivity contribution in [2.75, 3.05) is 6.26 Å². The highest BCUT2D eigenvalue weighted by molar-refractivity contribution is 7.98. The van der Waals surface area contributed by atoms with E-state index in [1.807, 2.05) is 30.0 Å². The Morgan fingerprint density at radius 2 is 2.12 bits per heavy atom. The molecule has 1 aromatic heterocycles. The SMILES string of the molecule is CSc1c(CC(N)=O)n(C)c2ccccc12. The average molecular weight is 234 g/mol. The van der Waals surface area contributed by atoms with Crippen molar-refractivity contribution >= 4 is 28.6 Å². The fourth-order valence-electron chi connectivity index (χ4n) is 2.00. The van der Waals surface area contributed by atoms with E-state index in [1.165, 1.54) is 5.39 Å². The number of nitrogens with two attached hydrogens (primary N) is 1. The molecule has 0 bridgehead atoms. The van der Waals surface area contributed by atoms with Crippen molar-refractivity contribution in [1.29, 1.82) is 0 Å². The topological polar surface area (TPSA) is 48.0 Å². The van der Waals surface area contributed by atoms with E-state index < -0.39 is 0 Å². The number of rotatable bonds is 3. The number of hydrogen-bond acceptors (Lipinski definition) is 2. The summed E-state index contributed by atoms with van der Waals surface area (Å²) in [6.45, 7) is 0. The molecule has 0 atom stereocenters. The molecular formula is C12H14N2OS. The number of primary amides is 1. The van der Waals surface area contributed by atoms with Crippen molar-refractivity contribution in [3.05, 3.63) is 30.0 Å². The highest BCUT2D eigenvalue weighted by atomic mass is 32.2. The van der Waals surface area contributed by atoms with Crippen molar-refractivity contribution in [1.82, 2.24) is 4.57 Å². The normalized spacial score (nSPS) is 10.9. The van der Waals surface area contributed by atoms with Crippen molar-refractivity contribution in [2.24, 2.45) is 12.8 Å². The summed E-state index contributed by atoms with van der Waals surface area (Å²) >= 11 is 1.66. The van der Waals surface area contributed by atoms with Crippen molar-refractivity contribution in [2.45, 2.75) is 11.3 Å². The first-order valence-electron chi connectivity index (χ1n) is 5.03. The number of para-hydroxylation sites is 1. The predicted octanol–water partition coefficient (Wildman–Crippen LogP) is 1.93. The lowest BCUT2D eigenvalue weighted by Crippen LogP contribution is -2.16. The molecule has 0 fully saturated rings. The third-order valence-corrected chi connectivity index (χ3v) is 3.59. The third-order valence-electron chi connectivity index (χ3n) is 2.72. The summed E-state index contributed by atoms with van der Waals surface area (Å²) in [7, 11) is 1.97. The maximum atomic E-state index is 11.1. The predicted molar refractivity (Wildman–Crippen MR) is 67.6 cm³/mol. The summed E-state index contributed by atoms with van der Waals surface area (Å²) in [6.07, 6.45) is 2.31. The minimum absolute atomic E-state index is 0.291. The van der Waals surface area contributed by atoms with Gasteiger partial charge in [0.15, 0.2) is 0 Å². The molecule has 0 saturated carbocycles. The van der Waals surface area contributed by atoms with Gasteiger partial charge in [-0.3, -0.25) is 4.79 Å². The van der Waals surface area contributed by atoms with Gasteiger partial charge in [0.2, 0.25) is 5.91 Å². The largest absolute Gasteiger partial charge is 0.369 e. The van der Waals surface area contributed by atoms with Crippen LogP contribution in [-0.4, -0.2) is 16.7 Å². The lowest BCUT2D eigenvalue weighted by molar-refractivity contribution is -0.117. The summed E-state index contributed by atoms with van der Waals surface area (Å²) in [5.74, 6) is -0.291. The molecule has 0 saturated heterocycles. The van der Waals surface area contributed by atoms with Crippen LogP contribution in [0, 0.1) is 0 Å². The van der Waals surface area contributed by atoms with Gasteiger partial charge in [-0.05, 0) is 12.3 Å². The number of hydrogen-bond donors (Lipinski definition) is 1. The van der Waals surface area contributed by atoms with Crippen LogP contribution >= 0.6 is 11.8 Å². The molecule has 3 nitrogen and oxygen atoms in total. The lowest BCUT2D eigenvalue weighted by atomic mass is 10.2. The minimum atomic E-state index is -0.291. The van der Waals surface area contributed by atoms with Gasteiger partial charge in [0.25, 0.3) is 0 Å². The summed E-state index contributed by atoms with van der Waals surface area (Å²) in [6, 6.07) is 8.14. The number of carbonyl (C=O) groups is 1. The van der Waals surface area contributed by atoms with Gasteiger partial charge in [0.1, 0.15) is 0 Å². The molecule has 1 aromatic carbocycles. The second kappa shape index (κ2) is 4.22. The van der Waals surface area contributed by atoms with Crippen LogP contribution in [0.5, 0.6) is 0 Å². The van der Waals surface area contributed by atoms with Crippen molar-refractivity contribution < 1.29 is 4.79 Å². The Balaban J connectivity index is 2.71. The molecule has 0 spiro atoms. The molecule has 1 amide bonds. The Bertz CT molecular complexity index is 545. The van der Waals surface area contributed by atoms with Crippen molar-refractivity contribution in [3.63, 3.8) is 0 Å². The van der Waals surface area contributed by atoms with Crippen LogP contribution in [0.3, 0.4) is 0 Å². The Labute approximate surface area is 98.6 Å². The first-order chi connectivity index (χ1) is 7.65. The number of benzene rings is 1. The van der Waals surface area contributed by atoms with Crippen LogP contribution in [0.1, 0.15) is 5.69 Å². The monoisotopic (exact) mass is 234 g/mol. The molecule has 0 aliphatic carbocycles. The van der Waals surface area contributed by atoms with E-state index in [2.05, 4.69) is 12.1 Å². The second-order valence-corrected chi connectivity index (χ2v) is 4.52. The van der Waals surface area contributed by atoms with E-state index in [1.54, 1.807) is 11.8 Å². The second-order valence-electron chi connectivity index (χ2n) is 3.70. The van der Waals surface area contributed by atoms with E-state index in [4.69, 9.17) is 5.73 Å². The number of nitrogens with zero attached hydrogens (tertiary/aromatic N) is 1. The van der Waals surface area contributed by atoms with Gasteiger partial charge in [0, 0.05) is 28.5 Å². The highest BCUT2D eigenvalue weighted by Gasteiger charge is 2.15. The maximum Gasteiger partial charge on any atom is 0.223 e. The van der Waals surface area contributed by atoms with Crippen LogP contribution in [-0.2, 0) is 18.3 Å². The number of aryl methyl sites for hydroxylation is 1. The Hall–Kier alpha value is -1.42. The Morgan fingerprint density at radius 3 is 2.75 bits per heavy atom. The molecule has 16 heavy (non-hydrogen) atoms. The van der Waals surface area contributed by atoms with Gasteiger partial charge in [-0.2, -0.15) is 0 Å². The van der Waals surface area contributed by atoms with Gasteiger partial charge >= 0.3 is 0 Å². The quantitative estimate of drug-likeness (QED) is 0.825. The average Bonchev–Trinajstić information content (AvgIpc) is 2.52. The zero-order valence-electron chi connectivity index (χ0n) is 9.36. The molecule has 84 valence electrons. The van der Waals surface area contributed by atoms with Gasteiger partial charge in [0.05, 0.1) is 6.42 Å². The summed E-state index contributed by atoms with van der Waals surface area (Å²) in [4.78, 5) is 12.2. The first kappa shape index (κ1) is 11.1. The molecule has 2 aromatic rings. The van der Waals surface area contributed by atoms with Gasteiger partial charge in [-0.15, -0.1) is 11.8 Å². The smallest absolute Gasteiger partial charge is 0.223 e. The molecular weight excluding hydrogens is 220 g/mol. The summed E-state index contributed by atoms with van der Waals surface area (Å²) in [5, 5.41) is 1.19. The maximum absolute atomic E-state index is 11.1. The van der Waals surface area contributed by atoms with Crippen molar-refractivity contribution in [3.8, 4) is 0 Å². The third kappa shape index (κ3) is 1.69. The zero-order valence-corrected chi connectivity index (χ0v) is 10.2.